The third-order valence-electron chi connectivity index (χ3n) is 10.4. The minimum absolute atomic E-state index is 0.105. The Morgan fingerprint density at radius 2 is 1.52 bits per heavy atom. The van der Waals surface area contributed by atoms with E-state index in [0.717, 1.165) is 24.8 Å². The summed E-state index contributed by atoms with van der Waals surface area (Å²) in [4.78, 5) is 71.3. The zero-order valence-corrected chi connectivity index (χ0v) is 25.5. The highest BCUT2D eigenvalue weighted by Crippen LogP contribution is 2.62. The van der Waals surface area contributed by atoms with Crippen molar-refractivity contribution in [3.8, 4) is 0 Å². The van der Waals surface area contributed by atoms with E-state index in [-0.39, 0.29) is 30.1 Å². The second kappa shape index (κ2) is 12.2. The number of ketones is 1. The molecule has 5 aliphatic rings. The zero-order valence-electron chi connectivity index (χ0n) is 25.5. The summed E-state index contributed by atoms with van der Waals surface area (Å²) >= 11 is 0. The number of rotatable bonds is 7. The van der Waals surface area contributed by atoms with E-state index < -0.39 is 36.4 Å². The molecule has 232 valence electrons. The van der Waals surface area contributed by atoms with Crippen molar-refractivity contribution in [2.45, 2.75) is 76.9 Å². The number of fused-ring (bicyclic) bond motifs is 1. The first-order valence-electron chi connectivity index (χ1n) is 15.8. The number of nitrogens with one attached hydrogen (secondary N) is 1. The predicted octanol–water partition coefficient (Wildman–Crippen LogP) is 4.29. The maximum absolute atomic E-state index is 15.1. The van der Waals surface area contributed by atoms with Crippen molar-refractivity contribution in [1.82, 2.24) is 10.2 Å². The fourth-order valence-electron chi connectivity index (χ4n) is 9.04. The molecule has 44 heavy (non-hydrogen) atoms. The lowest BCUT2D eigenvalue weighted by Crippen LogP contribution is -2.60. The molecule has 4 fully saturated rings. The van der Waals surface area contributed by atoms with Crippen LogP contribution in [0.15, 0.2) is 54.6 Å². The van der Waals surface area contributed by atoms with Crippen LogP contribution in [-0.2, 0) is 30.5 Å². The van der Waals surface area contributed by atoms with Gasteiger partial charge in [-0.15, -0.1) is 0 Å². The van der Waals surface area contributed by atoms with Crippen LogP contribution in [0.25, 0.3) is 0 Å². The van der Waals surface area contributed by atoms with Gasteiger partial charge in [0.05, 0.1) is 19.3 Å². The molecule has 2 atom stereocenters. The number of amides is 3. The smallest absolute Gasteiger partial charge is 0.325 e. The number of benzene rings is 2. The number of hydrogen-bond acceptors (Lipinski definition) is 6. The molecule has 9 heteroatoms. The highest BCUT2D eigenvalue weighted by Gasteiger charge is 2.54. The van der Waals surface area contributed by atoms with Gasteiger partial charge in [-0.05, 0) is 85.8 Å². The lowest BCUT2D eigenvalue weighted by atomic mass is 9.48. The maximum atomic E-state index is 15.1. The number of ether oxygens (including phenoxy) is 1. The molecule has 7 rings (SSSR count). The van der Waals surface area contributed by atoms with Gasteiger partial charge in [-0.2, -0.15) is 0 Å². The van der Waals surface area contributed by atoms with Crippen LogP contribution < -0.4 is 10.2 Å². The quantitative estimate of drug-likeness (QED) is 0.476. The van der Waals surface area contributed by atoms with Gasteiger partial charge >= 0.3 is 5.97 Å². The molecule has 2 aromatic rings. The van der Waals surface area contributed by atoms with Crippen LogP contribution in [0.1, 0.15) is 74.2 Å². The number of carbonyl (C=O) groups is 5. The van der Waals surface area contributed by atoms with Crippen molar-refractivity contribution in [3.05, 3.63) is 65.7 Å². The van der Waals surface area contributed by atoms with Crippen molar-refractivity contribution in [3.63, 3.8) is 0 Å². The Kier molecular flexibility index (Phi) is 8.31. The molecule has 0 spiro atoms. The fraction of sp³-hybridized carbons (Fsp3) is 0.514. The van der Waals surface area contributed by atoms with Crippen LogP contribution in [0.5, 0.6) is 0 Å². The van der Waals surface area contributed by atoms with Crippen LogP contribution in [0.4, 0.5) is 5.69 Å². The molecule has 0 unspecified atom stereocenters. The summed E-state index contributed by atoms with van der Waals surface area (Å²) in [5, 5.41) is 2.56. The molecule has 9 nitrogen and oxygen atoms in total. The second-order valence-electron chi connectivity index (χ2n) is 13.4. The Hall–Kier alpha value is -4.01. The molecule has 2 aromatic carbocycles. The number of hydrogen-bond donors (Lipinski definition) is 1. The van der Waals surface area contributed by atoms with Gasteiger partial charge in [0.15, 0.2) is 5.78 Å². The third-order valence-corrected chi connectivity index (χ3v) is 10.4. The summed E-state index contributed by atoms with van der Waals surface area (Å²) in [6.07, 6.45) is 6.87. The molecule has 0 saturated heterocycles. The summed E-state index contributed by atoms with van der Waals surface area (Å²) in [5.41, 5.74) is 1.58. The molecule has 1 heterocycles. The SMILES string of the molecule is COC(=O)CNC(=O)[C@@H]1CC(=O)c2ccccc2N(Cc2ccccc2)C(=O)[C@H](CC23CC4CC(CC(C4)C2)C3)N1C(C)=O. The van der Waals surface area contributed by atoms with Crippen LogP contribution in [0.3, 0.4) is 0 Å². The largest absolute Gasteiger partial charge is 0.468 e. The van der Waals surface area contributed by atoms with Gasteiger partial charge in [0.25, 0.3) is 0 Å². The molecular formula is C35H41N3O6. The highest BCUT2D eigenvalue weighted by molar-refractivity contribution is 6.10. The predicted molar refractivity (Wildman–Crippen MR) is 163 cm³/mol. The summed E-state index contributed by atoms with van der Waals surface area (Å²) in [7, 11) is 1.22. The van der Waals surface area contributed by atoms with Crippen molar-refractivity contribution in [2.24, 2.45) is 23.2 Å². The monoisotopic (exact) mass is 599 g/mol. The van der Waals surface area contributed by atoms with Gasteiger partial charge in [-0.1, -0.05) is 42.5 Å². The lowest BCUT2D eigenvalue weighted by Gasteiger charge is -2.58. The Balaban J connectivity index is 1.46. The van der Waals surface area contributed by atoms with E-state index >= 15 is 4.79 Å². The van der Waals surface area contributed by atoms with E-state index in [1.54, 1.807) is 29.2 Å². The Bertz CT molecular complexity index is 1420. The summed E-state index contributed by atoms with van der Waals surface area (Å²) in [6, 6.07) is 14.3. The number of Topliss-reactive ketones (excluding diaryl/α,β-unsaturated/α-hetero) is 1. The third kappa shape index (κ3) is 5.88. The maximum Gasteiger partial charge on any atom is 0.325 e. The number of methoxy groups -OCH3 is 1. The van der Waals surface area contributed by atoms with Gasteiger partial charge in [0.2, 0.25) is 17.7 Å². The number of anilines is 1. The van der Waals surface area contributed by atoms with E-state index in [9.17, 15) is 19.2 Å². The molecule has 1 aliphatic heterocycles. The van der Waals surface area contributed by atoms with Crippen LogP contribution >= 0.6 is 0 Å². The summed E-state index contributed by atoms with van der Waals surface area (Å²) in [5.74, 6) is -0.538. The van der Waals surface area contributed by atoms with Gasteiger partial charge < -0.3 is 19.9 Å². The van der Waals surface area contributed by atoms with Crippen molar-refractivity contribution in [2.75, 3.05) is 18.6 Å². The molecule has 3 amide bonds. The number of esters is 1. The van der Waals surface area contributed by atoms with E-state index in [2.05, 4.69) is 5.32 Å². The van der Waals surface area contributed by atoms with Crippen LogP contribution in [0.2, 0.25) is 0 Å². The normalized spacial score (nSPS) is 29.4. The lowest BCUT2D eigenvalue weighted by molar-refractivity contribution is -0.150. The molecular weight excluding hydrogens is 558 g/mol. The molecule has 0 radical (unpaired) electrons. The molecule has 0 aromatic heterocycles. The van der Waals surface area contributed by atoms with E-state index in [1.807, 2.05) is 30.3 Å². The standard InChI is InChI=1S/C35H41N3O6/c1-22(39)38-29(33(42)36-20-32(41)44-2)15-31(40)27-10-6-7-11-28(27)37(21-23-8-4-3-5-9-23)34(43)30(38)19-35-16-24-12-25(17-35)14-26(13-24)18-35/h3-11,24-26,29-30H,12-21H2,1-2H3,(H,36,42)/t24?,25?,26?,29-,30-,35?/m0/s1. The molecule has 4 aliphatic carbocycles. The average molecular weight is 600 g/mol. The number of nitrogens with zero attached hydrogens (tertiary/aromatic N) is 2. The van der Waals surface area contributed by atoms with Crippen molar-refractivity contribution < 1.29 is 28.7 Å². The Morgan fingerprint density at radius 3 is 2.14 bits per heavy atom. The topological polar surface area (TPSA) is 113 Å². The molecule has 1 N–H and O–H groups in total. The number of para-hydroxylation sites is 1. The first-order chi connectivity index (χ1) is 21.2. The van der Waals surface area contributed by atoms with Gasteiger partial charge in [-0.3, -0.25) is 24.0 Å². The van der Waals surface area contributed by atoms with Crippen molar-refractivity contribution in [1.29, 1.82) is 0 Å². The van der Waals surface area contributed by atoms with Gasteiger partial charge in [0.1, 0.15) is 18.6 Å². The molecule has 4 bridgehead atoms. The zero-order chi connectivity index (χ0) is 31.0. The van der Waals surface area contributed by atoms with E-state index in [1.165, 1.54) is 38.2 Å². The van der Waals surface area contributed by atoms with Gasteiger partial charge in [-0.25, -0.2) is 0 Å². The second-order valence-corrected chi connectivity index (χ2v) is 13.4. The van der Waals surface area contributed by atoms with Crippen LogP contribution in [0, 0.1) is 23.2 Å². The summed E-state index contributed by atoms with van der Waals surface area (Å²) in [6.45, 7) is 1.17. The minimum Gasteiger partial charge on any atom is -0.468 e. The van der Waals surface area contributed by atoms with Crippen molar-refractivity contribution >= 4 is 35.2 Å². The average Bonchev–Trinajstić information content (AvgIpc) is 3.03. The number of carbonyl (C=O) groups excluding carboxylic acids is 5. The summed E-state index contributed by atoms with van der Waals surface area (Å²) < 4.78 is 4.70. The Morgan fingerprint density at radius 1 is 0.909 bits per heavy atom. The van der Waals surface area contributed by atoms with E-state index in [0.29, 0.717) is 35.4 Å². The van der Waals surface area contributed by atoms with Crippen LogP contribution in [-0.4, -0.2) is 60.1 Å². The van der Waals surface area contributed by atoms with E-state index in [4.69, 9.17) is 4.74 Å². The highest BCUT2D eigenvalue weighted by atomic mass is 16.5. The first-order valence-corrected chi connectivity index (χ1v) is 15.8. The van der Waals surface area contributed by atoms with Gasteiger partial charge in [0, 0.05) is 18.9 Å². The first kappa shape index (κ1) is 30.0. The fourth-order valence-corrected chi connectivity index (χ4v) is 9.04. The molecule has 4 saturated carbocycles. The minimum atomic E-state index is -1.27. The Labute approximate surface area is 258 Å².